The number of amides is 3. The predicted octanol–water partition coefficient (Wildman–Crippen LogP) is 1.26. The smallest absolute Gasteiger partial charge is 0.247 e. The van der Waals surface area contributed by atoms with Crippen molar-refractivity contribution in [3.63, 3.8) is 0 Å². The largest absolute Gasteiger partial charge is 0.394 e. The Hall–Kier alpha value is -3.27. The number of hydrogen-bond acceptors (Lipinski definition) is 6. The minimum Gasteiger partial charge on any atom is -0.394 e. The number of hydrogen-bond donors (Lipinski definition) is 3. The molecule has 9 nitrogen and oxygen atoms in total. The number of nitrogens with zero attached hydrogens (tertiary/aromatic N) is 2. The molecule has 2 saturated heterocycles. The number of rotatable bonds is 9. The third-order valence-electron chi connectivity index (χ3n) is 7.78. The average Bonchev–Trinajstić information content (AvgIpc) is 3.17. The lowest BCUT2D eigenvalue weighted by atomic mass is 9.69. The summed E-state index contributed by atoms with van der Waals surface area (Å²) in [6.07, 6.45) is 1.36. The number of aliphatic hydroxyl groups is 1. The maximum Gasteiger partial charge on any atom is 0.247 e. The van der Waals surface area contributed by atoms with Gasteiger partial charge in [0.2, 0.25) is 17.7 Å². The Labute approximate surface area is 223 Å². The molecule has 4 atom stereocenters. The Kier molecular flexibility index (Phi) is 8.50. The molecule has 0 aliphatic carbocycles. The van der Waals surface area contributed by atoms with Crippen molar-refractivity contribution in [1.82, 2.24) is 15.1 Å². The highest BCUT2D eigenvalue weighted by atomic mass is 16.5. The normalized spacial score (nSPS) is 23.8. The second-order valence-corrected chi connectivity index (χ2v) is 10.8. The number of likely N-dealkylation sites (tertiary alicyclic amines) is 2. The second-order valence-electron chi connectivity index (χ2n) is 10.8. The van der Waals surface area contributed by atoms with Crippen molar-refractivity contribution in [2.24, 2.45) is 11.1 Å². The Morgan fingerprint density at radius 3 is 2.50 bits per heavy atom. The summed E-state index contributed by atoms with van der Waals surface area (Å²) in [5.41, 5.74) is 5.68. The molecule has 2 aliphatic rings. The van der Waals surface area contributed by atoms with E-state index in [1.165, 1.54) is 6.92 Å². The van der Waals surface area contributed by atoms with Crippen molar-refractivity contribution in [2.75, 3.05) is 39.9 Å². The van der Waals surface area contributed by atoms with Gasteiger partial charge in [0.05, 0.1) is 25.2 Å². The zero-order valence-corrected chi connectivity index (χ0v) is 22.1. The number of likely N-dealkylation sites (N-methyl/N-ethyl adjacent to an activating group) is 1. The van der Waals surface area contributed by atoms with Crippen LogP contribution < -0.4 is 11.1 Å². The summed E-state index contributed by atoms with van der Waals surface area (Å²) in [5.74, 6) is -0.971. The van der Waals surface area contributed by atoms with Gasteiger partial charge in [-0.25, -0.2) is 0 Å². The number of aliphatic hydroxyl groups excluding tert-OH is 1. The van der Waals surface area contributed by atoms with Gasteiger partial charge in [0, 0.05) is 32.6 Å². The molecule has 9 heteroatoms. The van der Waals surface area contributed by atoms with E-state index in [9.17, 15) is 19.5 Å². The predicted molar refractivity (Wildman–Crippen MR) is 143 cm³/mol. The van der Waals surface area contributed by atoms with Crippen LogP contribution in [-0.2, 0) is 25.7 Å². The number of benzene rings is 2. The number of nitrogens with two attached hydrogens (primary N) is 1. The van der Waals surface area contributed by atoms with Crippen molar-refractivity contribution >= 4 is 17.7 Å². The van der Waals surface area contributed by atoms with Gasteiger partial charge in [0.25, 0.3) is 0 Å². The molecule has 3 unspecified atom stereocenters. The van der Waals surface area contributed by atoms with Crippen LogP contribution in [0.2, 0.25) is 0 Å². The van der Waals surface area contributed by atoms with Crippen LogP contribution in [-0.4, -0.2) is 84.1 Å². The number of ether oxygens (including phenoxy) is 1. The molecule has 4 N–H and O–H groups in total. The van der Waals surface area contributed by atoms with Crippen molar-refractivity contribution in [1.29, 1.82) is 0 Å². The van der Waals surface area contributed by atoms with E-state index in [1.54, 1.807) is 9.80 Å². The molecule has 0 radical (unpaired) electrons. The minimum absolute atomic E-state index is 0.0408. The summed E-state index contributed by atoms with van der Waals surface area (Å²) < 4.78 is 5.85. The lowest BCUT2D eigenvalue weighted by molar-refractivity contribution is -0.147. The number of piperidine rings is 1. The van der Waals surface area contributed by atoms with Crippen molar-refractivity contribution < 1.29 is 24.2 Å². The van der Waals surface area contributed by atoms with Gasteiger partial charge in [-0.3, -0.25) is 14.4 Å². The van der Waals surface area contributed by atoms with Crippen LogP contribution in [0.1, 0.15) is 36.8 Å². The van der Waals surface area contributed by atoms with Gasteiger partial charge in [-0.15, -0.1) is 0 Å². The lowest BCUT2D eigenvalue weighted by Gasteiger charge is -2.43. The Morgan fingerprint density at radius 2 is 1.84 bits per heavy atom. The van der Waals surface area contributed by atoms with Crippen LogP contribution in [0.25, 0.3) is 0 Å². The van der Waals surface area contributed by atoms with Crippen molar-refractivity contribution in [3.05, 3.63) is 71.8 Å². The van der Waals surface area contributed by atoms with Crippen LogP contribution in [0, 0.1) is 5.41 Å². The van der Waals surface area contributed by atoms with Crippen LogP contribution in [0.4, 0.5) is 0 Å². The Balaban J connectivity index is 1.55. The second kappa shape index (κ2) is 11.6. The summed E-state index contributed by atoms with van der Waals surface area (Å²) >= 11 is 0. The standard InChI is InChI=1S/C29H38N4O5/c1-28(30,20-34)26(36)31-24(18-38-17-21-10-5-3-6-11-21)25(35)33-15-9-14-29(19-33)23(16-32(2)27(29)37)22-12-7-4-8-13-22/h3-8,10-13,23-24,34H,9,14-20,30H2,1-2H3,(H,31,36)/t23?,24?,28?,29-/m0/s1. The molecule has 0 saturated carbocycles. The third kappa shape index (κ3) is 5.75. The first-order chi connectivity index (χ1) is 18.2. The molecule has 38 heavy (non-hydrogen) atoms. The summed E-state index contributed by atoms with van der Waals surface area (Å²) in [4.78, 5) is 43.7. The first-order valence-electron chi connectivity index (χ1n) is 13.1. The first kappa shape index (κ1) is 27.8. The monoisotopic (exact) mass is 522 g/mol. The van der Waals surface area contributed by atoms with Gasteiger partial charge < -0.3 is 30.7 Å². The van der Waals surface area contributed by atoms with E-state index in [2.05, 4.69) is 5.32 Å². The van der Waals surface area contributed by atoms with Gasteiger partial charge in [-0.1, -0.05) is 60.7 Å². The van der Waals surface area contributed by atoms with Crippen molar-refractivity contribution in [2.45, 2.75) is 43.9 Å². The van der Waals surface area contributed by atoms with Gasteiger partial charge in [-0.2, -0.15) is 0 Å². The van der Waals surface area contributed by atoms with E-state index in [4.69, 9.17) is 10.5 Å². The van der Waals surface area contributed by atoms with Gasteiger partial charge in [0.15, 0.2) is 0 Å². The molecule has 2 heterocycles. The maximum atomic E-state index is 13.9. The summed E-state index contributed by atoms with van der Waals surface area (Å²) in [6.45, 7) is 2.36. The zero-order valence-electron chi connectivity index (χ0n) is 22.1. The Morgan fingerprint density at radius 1 is 1.18 bits per heavy atom. The van der Waals surface area contributed by atoms with Gasteiger partial charge in [-0.05, 0) is 30.9 Å². The maximum absolute atomic E-state index is 13.9. The molecule has 0 bridgehead atoms. The van der Waals surface area contributed by atoms with Crippen LogP contribution in [0.15, 0.2) is 60.7 Å². The fraction of sp³-hybridized carbons (Fsp3) is 0.483. The molecule has 2 aromatic carbocycles. The lowest BCUT2D eigenvalue weighted by Crippen LogP contribution is -2.62. The molecule has 2 fully saturated rings. The van der Waals surface area contributed by atoms with E-state index in [0.29, 0.717) is 25.9 Å². The van der Waals surface area contributed by atoms with Crippen molar-refractivity contribution in [3.8, 4) is 0 Å². The minimum atomic E-state index is -1.55. The van der Waals surface area contributed by atoms with E-state index in [0.717, 1.165) is 11.1 Å². The third-order valence-corrected chi connectivity index (χ3v) is 7.78. The average molecular weight is 523 g/mol. The van der Waals surface area contributed by atoms with Gasteiger partial charge in [0.1, 0.15) is 11.6 Å². The zero-order chi connectivity index (χ0) is 27.3. The van der Waals surface area contributed by atoms with Crippen LogP contribution in [0.3, 0.4) is 0 Å². The summed E-state index contributed by atoms with van der Waals surface area (Å²) in [5, 5.41) is 12.3. The first-order valence-corrected chi connectivity index (χ1v) is 13.1. The number of carbonyl (C=O) groups excluding carboxylic acids is 3. The molecule has 0 aromatic heterocycles. The Bertz CT molecular complexity index is 1130. The fourth-order valence-electron chi connectivity index (χ4n) is 5.56. The topological polar surface area (TPSA) is 125 Å². The summed E-state index contributed by atoms with van der Waals surface area (Å²) in [6, 6.07) is 18.5. The number of carbonyl (C=O) groups is 3. The molecule has 204 valence electrons. The van der Waals surface area contributed by atoms with E-state index >= 15 is 0 Å². The van der Waals surface area contributed by atoms with E-state index < -0.39 is 29.5 Å². The fourth-order valence-corrected chi connectivity index (χ4v) is 5.56. The van der Waals surface area contributed by atoms with E-state index in [-0.39, 0.29) is 37.5 Å². The highest BCUT2D eigenvalue weighted by molar-refractivity contribution is 5.93. The highest BCUT2D eigenvalue weighted by Gasteiger charge is 2.55. The molecule has 2 aromatic rings. The van der Waals surface area contributed by atoms with E-state index in [1.807, 2.05) is 67.7 Å². The molecule has 1 spiro atoms. The molecule has 4 rings (SSSR count). The molecular weight excluding hydrogens is 484 g/mol. The quantitative estimate of drug-likeness (QED) is 0.455. The number of nitrogens with one attached hydrogen (secondary N) is 1. The van der Waals surface area contributed by atoms with Crippen LogP contribution in [0.5, 0.6) is 0 Å². The summed E-state index contributed by atoms with van der Waals surface area (Å²) in [7, 11) is 1.81. The highest BCUT2D eigenvalue weighted by Crippen LogP contribution is 2.49. The SMILES string of the molecule is CN1CC(c2ccccc2)[C@@]2(CCCN(C(=O)C(COCc3ccccc3)NC(=O)C(C)(N)CO)C2)C1=O. The molecular formula is C29H38N4O5. The van der Waals surface area contributed by atoms with Gasteiger partial charge >= 0.3 is 0 Å². The van der Waals surface area contributed by atoms with Crippen LogP contribution >= 0.6 is 0 Å². The molecule has 3 amide bonds. The molecule has 2 aliphatic heterocycles.